The molecule has 0 fully saturated rings. The van der Waals surface area contributed by atoms with Gasteiger partial charge in [0.2, 0.25) is 10.0 Å². The number of nitrogens with one attached hydrogen (secondary N) is 1. The van der Waals surface area contributed by atoms with Crippen LogP contribution in [-0.4, -0.2) is 32.7 Å². The van der Waals surface area contributed by atoms with Crippen LogP contribution in [0.1, 0.15) is 37.8 Å². The van der Waals surface area contributed by atoms with E-state index in [1.54, 1.807) is 31.2 Å². The normalized spacial score (nSPS) is 16.5. The van der Waals surface area contributed by atoms with Gasteiger partial charge >= 0.3 is 0 Å². The molecule has 1 amide bonds. The van der Waals surface area contributed by atoms with Gasteiger partial charge in [0.15, 0.2) is 6.10 Å². The van der Waals surface area contributed by atoms with Gasteiger partial charge in [0.1, 0.15) is 5.75 Å². The van der Waals surface area contributed by atoms with Crippen LogP contribution in [-0.2, 0) is 14.8 Å². The Bertz CT molecular complexity index is 986. The van der Waals surface area contributed by atoms with Gasteiger partial charge in [0.25, 0.3) is 5.91 Å². The quantitative estimate of drug-likeness (QED) is 0.828. The molecular formula is C21H26N2O4S. The van der Waals surface area contributed by atoms with E-state index in [1.807, 2.05) is 25.1 Å². The van der Waals surface area contributed by atoms with Gasteiger partial charge in [-0.05, 0) is 43.0 Å². The first-order valence-corrected chi connectivity index (χ1v) is 11.0. The Morgan fingerprint density at radius 1 is 1.21 bits per heavy atom. The number of nitrogens with zero attached hydrogens (tertiary/aromatic N) is 1. The van der Waals surface area contributed by atoms with Crippen LogP contribution in [0.4, 0.5) is 11.4 Å². The molecule has 1 heterocycles. The highest BCUT2D eigenvalue weighted by Gasteiger charge is 2.36. The van der Waals surface area contributed by atoms with Gasteiger partial charge in [-0.15, -0.1) is 0 Å². The summed E-state index contributed by atoms with van der Waals surface area (Å²) < 4.78 is 32.3. The van der Waals surface area contributed by atoms with Crippen molar-refractivity contribution in [3.8, 4) is 5.75 Å². The number of rotatable bonds is 5. The second-order valence-electron chi connectivity index (χ2n) is 7.19. The molecule has 1 aliphatic heterocycles. The first-order valence-electron chi connectivity index (χ1n) is 9.41. The van der Waals surface area contributed by atoms with Crippen molar-refractivity contribution in [1.29, 1.82) is 0 Å². The van der Waals surface area contributed by atoms with E-state index in [1.165, 1.54) is 4.31 Å². The lowest BCUT2D eigenvalue weighted by molar-refractivity contribution is -0.122. The fraction of sp³-hybridized carbons (Fsp3) is 0.381. The fourth-order valence-electron chi connectivity index (χ4n) is 3.30. The lowest BCUT2D eigenvalue weighted by Gasteiger charge is -2.34. The third-order valence-corrected chi connectivity index (χ3v) is 6.65. The Kier molecular flexibility index (Phi) is 5.65. The minimum absolute atomic E-state index is 0.0506. The summed E-state index contributed by atoms with van der Waals surface area (Å²) in [6, 6.07) is 12.8. The molecule has 1 N–H and O–H groups in total. The van der Waals surface area contributed by atoms with Crippen molar-refractivity contribution in [2.24, 2.45) is 0 Å². The molecule has 2 aromatic carbocycles. The predicted molar refractivity (Wildman–Crippen MR) is 112 cm³/mol. The number of hydrogen-bond donors (Lipinski definition) is 1. The van der Waals surface area contributed by atoms with E-state index in [2.05, 4.69) is 19.2 Å². The molecule has 0 aliphatic carbocycles. The van der Waals surface area contributed by atoms with Gasteiger partial charge in [-0.3, -0.25) is 9.10 Å². The molecule has 3 rings (SSSR count). The monoisotopic (exact) mass is 402 g/mol. The number of amides is 1. The van der Waals surface area contributed by atoms with Crippen molar-refractivity contribution < 1.29 is 17.9 Å². The van der Waals surface area contributed by atoms with Crippen LogP contribution in [0.3, 0.4) is 0 Å². The van der Waals surface area contributed by atoms with Gasteiger partial charge in [-0.2, -0.15) is 0 Å². The van der Waals surface area contributed by atoms with Gasteiger partial charge in [-0.1, -0.05) is 44.2 Å². The average molecular weight is 403 g/mol. The minimum atomic E-state index is -3.53. The Morgan fingerprint density at radius 3 is 2.61 bits per heavy atom. The summed E-state index contributed by atoms with van der Waals surface area (Å²) in [4.78, 5) is 13.0. The number of carbonyl (C=O) groups is 1. The van der Waals surface area contributed by atoms with Crippen molar-refractivity contribution >= 4 is 27.3 Å². The van der Waals surface area contributed by atoms with E-state index < -0.39 is 16.1 Å². The maximum absolute atomic E-state index is 13.0. The number of hydrogen-bond acceptors (Lipinski definition) is 4. The van der Waals surface area contributed by atoms with Gasteiger partial charge in [0.05, 0.1) is 18.0 Å². The molecule has 2 aromatic rings. The van der Waals surface area contributed by atoms with Crippen LogP contribution in [0.2, 0.25) is 0 Å². The van der Waals surface area contributed by atoms with Crippen LogP contribution in [0.25, 0.3) is 0 Å². The first kappa shape index (κ1) is 20.2. The SMILES string of the molecule is CCS(=O)(=O)N1C[C@@H](C(=O)Nc2c(C)cccc2C(C)C)Oc2ccccc21. The highest BCUT2D eigenvalue weighted by atomic mass is 32.2. The van der Waals surface area contributed by atoms with Crippen molar-refractivity contribution in [1.82, 2.24) is 0 Å². The summed E-state index contributed by atoms with van der Waals surface area (Å²) in [5.74, 6) is 0.215. The zero-order valence-electron chi connectivity index (χ0n) is 16.6. The molecule has 150 valence electrons. The lowest BCUT2D eigenvalue weighted by Crippen LogP contribution is -2.49. The summed E-state index contributed by atoms with van der Waals surface area (Å²) in [5.41, 5.74) is 3.21. The predicted octanol–water partition coefficient (Wildman–Crippen LogP) is 3.67. The maximum atomic E-state index is 13.0. The molecule has 0 spiro atoms. The molecule has 0 unspecified atom stereocenters. The van der Waals surface area contributed by atoms with E-state index >= 15 is 0 Å². The number of ether oxygens (including phenoxy) is 1. The molecule has 1 aliphatic rings. The highest BCUT2D eigenvalue weighted by Crippen LogP contribution is 2.35. The standard InChI is InChI=1S/C21H26N2O4S/c1-5-28(25,26)23-13-19(27-18-12-7-6-11-17(18)23)21(24)22-20-15(4)9-8-10-16(20)14(2)3/h6-12,14,19H,5,13H2,1-4H3,(H,22,24)/t19-/m0/s1. The highest BCUT2D eigenvalue weighted by molar-refractivity contribution is 7.92. The van der Waals surface area contributed by atoms with E-state index in [0.717, 1.165) is 16.8 Å². The molecule has 28 heavy (non-hydrogen) atoms. The third kappa shape index (κ3) is 3.85. The molecule has 7 heteroatoms. The van der Waals surface area contributed by atoms with Gasteiger partial charge < -0.3 is 10.1 Å². The molecule has 0 radical (unpaired) electrons. The molecule has 0 saturated heterocycles. The summed E-state index contributed by atoms with van der Waals surface area (Å²) in [6.45, 7) is 7.60. The van der Waals surface area contributed by atoms with Gasteiger partial charge in [0, 0.05) is 5.69 Å². The Balaban J connectivity index is 1.92. The number of fused-ring (bicyclic) bond motifs is 1. The van der Waals surface area contributed by atoms with Crippen molar-refractivity contribution in [3.63, 3.8) is 0 Å². The van der Waals surface area contributed by atoms with Gasteiger partial charge in [-0.25, -0.2) is 8.42 Å². The Labute approximate surface area is 166 Å². The van der Waals surface area contributed by atoms with E-state index in [4.69, 9.17) is 4.74 Å². The molecule has 0 saturated carbocycles. The maximum Gasteiger partial charge on any atom is 0.267 e. The molecule has 0 aromatic heterocycles. The Hall–Kier alpha value is -2.54. The largest absolute Gasteiger partial charge is 0.476 e. The third-order valence-electron chi connectivity index (χ3n) is 4.90. The van der Waals surface area contributed by atoms with Crippen LogP contribution < -0.4 is 14.4 Å². The average Bonchev–Trinajstić information content (AvgIpc) is 2.68. The molecule has 1 atom stereocenters. The smallest absolute Gasteiger partial charge is 0.267 e. The Morgan fingerprint density at radius 2 is 1.93 bits per heavy atom. The summed E-state index contributed by atoms with van der Waals surface area (Å²) in [7, 11) is -3.53. The number of para-hydroxylation sites is 3. The lowest BCUT2D eigenvalue weighted by atomic mass is 9.98. The second kappa shape index (κ2) is 7.83. The summed E-state index contributed by atoms with van der Waals surface area (Å²) in [5, 5.41) is 2.97. The molecule has 0 bridgehead atoms. The number of anilines is 2. The topological polar surface area (TPSA) is 75.7 Å². The van der Waals surface area contributed by atoms with Crippen LogP contribution in [0, 0.1) is 6.92 Å². The van der Waals surface area contributed by atoms with E-state index in [-0.39, 0.29) is 24.1 Å². The number of aryl methyl sites for hydroxylation is 1. The number of sulfonamides is 1. The van der Waals surface area contributed by atoms with E-state index in [9.17, 15) is 13.2 Å². The van der Waals surface area contributed by atoms with Crippen LogP contribution in [0.5, 0.6) is 5.75 Å². The summed E-state index contributed by atoms with van der Waals surface area (Å²) >= 11 is 0. The number of carbonyl (C=O) groups excluding carboxylic acids is 1. The number of benzene rings is 2. The zero-order valence-corrected chi connectivity index (χ0v) is 17.4. The van der Waals surface area contributed by atoms with E-state index in [0.29, 0.717) is 11.4 Å². The fourth-order valence-corrected chi connectivity index (χ4v) is 4.43. The van der Waals surface area contributed by atoms with Crippen LogP contribution >= 0.6 is 0 Å². The zero-order chi connectivity index (χ0) is 20.5. The molecule has 6 nitrogen and oxygen atoms in total. The molecular weight excluding hydrogens is 376 g/mol. The first-order chi connectivity index (χ1) is 13.2. The van der Waals surface area contributed by atoms with Crippen molar-refractivity contribution in [2.45, 2.75) is 39.7 Å². The second-order valence-corrected chi connectivity index (χ2v) is 9.37. The van der Waals surface area contributed by atoms with Crippen LogP contribution in [0.15, 0.2) is 42.5 Å². The van der Waals surface area contributed by atoms with Crippen molar-refractivity contribution in [3.05, 3.63) is 53.6 Å². The summed E-state index contributed by atoms with van der Waals surface area (Å²) in [6.07, 6.45) is -0.934. The van der Waals surface area contributed by atoms with Crippen molar-refractivity contribution in [2.75, 3.05) is 21.9 Å². The minimum Gasteiger partial charge on any atom is -0.476 e.